The van der Waals surface area contributed by atoms with Gasteiger partial charge in [0.2, 0.25) is 0 Å². The molecule has 0 unspecified atom stereocenters. The molecule has 24 heavy (non-hydrogen) atoms. The third kappa shape index (κ3) is 8.33. The van der Waals surface area contributed by atoms with Gasteiger partial charge in [0.15, 0.2) is 0 Å². The molecular weight excluding hydrogens is 371 g/mol. The predicted molar refractivity (Wildman–Crippen MR) is 107 cm³/mol. The summed E-state index contributed by atoms with van der Waals surface area (Å²) < 4.78 is 0. The van der Waals surface area contributed by atoms with Gasteiger partial charge in [0, 0.05) is 22.3 Å². The summed E-state index contributed by atoms with van der Waals surface area (Å²) in [5.41, 5.74) is 1.18. The Morgan fingerprint density at radius 2 is 1.33 bits per heavy atom. The molecule has 0 amide bonds. The van der Waals surface area contributed by atoms with E-state index in [0.29, 0.717) is 5.41 Å². The van der Waals surface area contributed by atoms with Gasteiger partial charge in [-0.15, -0.1) is 0 Å². The molecule has 4 heteroatoms. The van der Waals surface area contributed by atoms with Crippen LogP contribution in [0, 0.1) is 55.9 Å². The number of carbonyl (C=O) groups is 1. The summed E-state index contributed by atoms with van der Waals surface area (Å²) in [4.78, 5) is 12.7. The average Bonchev–Trinajstić information content (AvgIpc) is 3.07. The zero-order chi connectivity index (χ0) is 17.7. The summed E-state index contributed by atoms with van der Waals surface area (Å²) in [5.74, 6) is 2.94. The minimum Gasteiger partial charge on any atom is -0.305 e. The molecule has 10 radical (unpaired) electrons. The van der Waals surface area contributed by atoms with Crippen LogP contribution < -0.4 is 0 Å². The van der Waals surface area contributed by atoms with Crippen molar-refractivity contribution in [2.75, 3.05) is 0 Å². The minimum atomic E-state index is -1.72. The molecule has 136 valence electrons. The van der Waals surface area contributed by atoms with E-state index in [1.165, 1.54) is 36.6 Å². The van der Waals surface area contributed by atoms with Gasteiger partial charge in [-0.1, -0.05) is 52.6 Å². The minimum absolute atomic E-state index is 0. The molecule has 2 saturated carbocycles. The molecule has 2 aliphatic carbocycles. The van der Waals surface area contributed by atoms with Crippen molar-refractivity contribution >= 4 is 21.6 Å². The zero-order valence-corrected chi connectivity index (χ0v) is 19.4. The van der Waals surface area contributed by atoms with E-state index in [1.807, 2.05) is 32.1 Å². The smallest absolute Gasteiger partial charge is 0.124 e. The molecule has 0 heterocycles. The average molecular weight is 405 g/mol. The van der Waals surface area contributed by atoms with Crippen LogP contribution >= 0.6 is 0 Å². The Hall–Kier alpha value is 0.610. The van der Waals surface area contributed by atoms with Crippen molar-refractivity contribution in [3.63, 3.8) is 0 Å². The SMILES string of the molecule is C[C]1CCC[C]1[CH][C](C(=O)[Si](C)(C)C)[Si](C)(C)C.[CH]1[CH][CH][CH][CH]1.[Co]. The fourth-order valence-corrected chi connectivity index (χ4v) is 7.05. The summed E-state index contributed by atoms with van der Waals surface area (Å²) in [7, 11) is -3.27. The molecular formula is C20H33CoOSi2. The standard InChI is InChI=1S/C15H28OSi2.C5H5.Co/c1-12-9-8-10-13(12)11-14(17(2,3)4)15(16)18(5,6)7;1-2-4-5-3-1;/h11H,8-10H2,1-7H3;1-5H;. The van der Waals surface area contributed by atoms with E-state index in [4.69, 9.17) is 0 Å². The Labute approximate surface area is 164 Å². The van der Waals surface area contributed by atoms with Crippen molar-refractivity contribution in [1.82, 2.24) is 0 Å². The molecule has 2 rings (SSSR count). The molecule has 0 saturated heterocycles. The fourth-order valence-electron chi connectivity index (χ4n) is 2.63. The number of carbonyl (C=O) groups excluding carboxylic acids is 1. The van der Waals surface area contributed by atoms with Crippen molar-refractivity contribution in [1.29, 1.82) is 0 Å². The van der Waals surface area contributed by atoms with Crippen molar-refractivity contribution in [3.8, 4) is 0 Å². The maximum absolute atomic E-state index is 12.7. The van der Waals surface area contributed by atoms with Gasteiger partial charge in [-0.25, -0.2) is 0 Å². The topological polar surface area (TPSA) is 17.1 Å². The molecule has 0 atom stereocenters. The molecule has 2 fully saturated rings. The number of rotatable bonds is 5. The van der Waals surface area contributed by atoms with Gasteiger partial charge in [0.05, 0.1) is 8.07 Å². The van der Waals surface area contributed by atoms with E-state index >= 15 is 0 Å². The van der Waals surface area contributed by atoms with Crippen molar-refractivity contribution < 1.29 is 21.6 Å². The zero-order valence-electron chi connectivity index (χ0n) is 16.3. The fraction of sp³-hybridized carbons (Fsp3) is 0.500. The van der Waals surface area contributed by atoms with Crippen LogP contribution in [0.25, 0.3) is 0 Å². The first-order valence-corrected chi connectivity index (χ1v) is 15.7. The first kappa shape index (κ1) is 24.6. The third-order valence-electron chi connectivity index (χ3n) is 4.15. The summed E-state index contributed by atoms with van der Waals surface area (Å²) in [5, 5.41) is 0.480. The third-order valence-corrected chi connectivity index (χ3v) is 8.02. The molecule has 0 aromatic heterocycles. The van der Waals surface area contributed by atoms with Crippen LogP contribution in [0.15, 0.2) is 0 Å². The van der Waals surface area contributed by atoms with Gasteiger partial charge in [0.1, 0.15) is 13.5 Å². The second kappa shape index (κ2) is 10.7. The first-order valence-electron chi connectivity index (χ1n) is 8.66. The molecule has 0 N–H and O–H groups in total. The first-order chi connectivity index (χ1) is 10.5. The Bertz CT molecular complexity index is 359. The van der Waals surface area contributed by atoms with E-state index in [2.05, 4.69) is 52.6 Å². The van der Waals surface area contributed by atoms with Crippen LogP contribution in [0.5, 0.6) is 0 Å². The van der Waals surface area contributed by atoms with Crippen LogP contribution in [-0.4, -0.2) is 21.6 Å². The molecule has 0 aliphatic heterocycles. The van der Waals surface area contributed by atoms with E-state index in [0.717, 1.165) is 0 Å². The van der Waals surface area contributed by atoms with Crippen molar-refractivity contribution in [3.05, 3.63) is 55.9 Å². The largest absolute Gasteiger partial charge is 0.305 e. The van der Waals surface area contributed by atoms with Gasteiger partial charge in [-0.3, -0.25) is 0 Å². The monoisotopic (exact) mass is 404 g/mol. The molecule has 0 bridgehead atoms. The van der Waals surface area contributed by atoms with Gasteiger partial charge in [-0.05, 0) is 63.2 Å². The number of hydrogen-bond acceptors (Lipinski definition) is 1. The van der Waals surface area contributed by atoms with Crippen LogP contribution in [-0.2, 0) is 21.6 Å². The van der Waals surface area contributed by atoms with Crippen LogP contribution in [0.4, 0.5) is 0 Å². The van der Waals surface area contributed by atoms with Crippen LogP contribution in [0.2, 0.25) is 39.3 Å². The predicted octanol–water partition coefficient (Wildman–Crippen LogP) is 5.46. The normalized spacial score (nSPS) is 19.8. The summed E-state index contributed by atoms with van der Waals surface area (Å²) in [6.07, 6.45) is 15.9. The second-order valence-electron chi connectivity index (χ2n) is 8.51. The second-order valence-corrected chi connectivity index (χ2v) is 18.5. The summed E-state index contributed by atoms with van der Waals surface area (Å²) >= 11 is 0. The van der Waals surface area contributed by atoms with Gasteiger partial charge in [-0.2, -0.15) is 0 Å². The van der Waals surface area contributed by atoms with Crippen molar-refractivity contribution in [2.45, 2.75) is 65.5 Å². The molecule has 0 spiro atoms. The molecule has 2 aliphatic rings. The Morgan fingerprint density at radius 1 is 0.875 bits per heavy atom. The summed E-state index contributed by atoms with van der Waals surface area (Å²) in [6, 6.07) is 0. The van der Waals surface area contributed by atoms with E-state index in [-0.39, 0.29) is 16.8 Å². The van der Waals surface area contributed by atoms with Gasteiger partial charge < -0.3 is 4.79 Å². The Balaban J connectivity index is 0.000000751. The van der Waals surface area contributed by atoms with Crippen molar-refractivity contribution in [2.24, 2.45) is 0 Å². The van der Waals surface area contributed by atoms with Gasteiger partial charge >= 0.3 is 0 Å². The molecule has 0 aromatic rings. The Morgan fingerprint density at radius 3 is 1.62 bits per heavy atom. The molecule has 1 nitrogen and oxygen atoms in total. The maximum Gasteiger partial charge on any atom is 0.124 e. The maximum atomic E-state index is 12.7. The number of hydrogen-bond donors (Lipinski definition) is 0. The summed E-state index contributed by atoms with van der Waals surface area (Å²) in [6.45, 7) is 15.6. The quantitative estimate of drug-likeness (QED) is 0.556. The van der Waals surface area contributed by atoms with E-state index in [1.54, 1.807) is 0 Å². The van der Waals surface area contributed by atoms with Crippen LogP contribution in [0.3, 0.4) is 0 Å². The molecule has 0 aromatic carbocycles. The van der Waals surface area contributed by atoms with E-state index < -0.39 is 16.1 Å². The Kier molecular flexibility index (Phi) is 11.0. The van der Waals surface area contributed by atoms with E-state index in [9.17, 15) is 4.79 Å². The van der Waals surface area contributed by atoms with Crippen LogP contribution in [0.1, 0.15) is 26.2 Å². The van der Waals surface area contributed by atoms with Gasteiger partial charge in [0.25, 0.3) is 0 Å².